The van der Waals surface area contributed by atoms with Gasteiger partial charge in [-0.25, -0.2) is 0 Å². The molecule has 18 heavy (non-hydrogen) atoms. The molecule has 2 N–H and O–H groups in total. The van der Waals surface area contributed by atoms with Crippen molar-refractivity contribution in [1.29, 1.82) is 0 Å². The van der Waals surface area contributed by atoms with Crippen LogP contribution in [0.1, 0.15) is 44.9 Å². The molecule has 0 aromatic rings. The summed E-state index contributed by atoms with van der Waals surface area (Å²) in [5.74, 6) is 0.984. The van der Waals surface area contributed by atoms with Crippen LogP contribution < -0.4 is 9.80 Å². The van der Waals surface area contributed by atoms with Gasteiger partial charge in [0, 0.05) is 5.92 Å². The summed E-state index contributed by atoms with van der Waals surface area (Å²) >= 11 is 0. The van der Waals surface area contributed by atoms with Crippen LogP contribution in [0.4, 0.5) is 0 Å². The maximum atomic E-state index is 2.41. The van der Waals surface area contributed by atoms with E-state index < -0.39 is 0 Å². The molecule has 0 aromatic heterocycles. The standard InChI is InChI=1S/C16H28N2/c1-2-6-15(7-3-1)14-17-10-12-18(13-11-17)16-8-4-5-9-16/h1-2,15-16H,3-14H2/p+2/t15-/m1/s1. The van der Waals surface area contributed by atoms with Gasteiger partial charge >= 0.3 is 0 Å². The monoisotopic (exact) mass is 250 g/mol. The van der Waals surface area contributed by atoms with Gasteiger partial charge in [0.1, 0.15) is 26.2 Å². The van der Waals surface area contributed by atoms with Crippen molar-refractivity contribution in [2.45, 2.75) is 51.0 Å². The molecule has 1 saturated carbocycles. The fraction of sp³-hybridized carbons (Fsp3) is 0.875. The summed E-state index contributed by atoms with van der Waals surface area (Å²) in [6.45, 7) is 7.21. The Bertz CT molecular complexity index is 273. The molecule has 3 rings (SSSR count). The fourth-order valence-electron chi connectivity index (χ4n) is 4.32. The van der Waals surface area contributed by atoms with Gasteiger partial charge in [0.15, 0.2) is 0 Å². The largest absolute Gasteiger partial charge is 0.325 e. The first kappa shape index (κ1) is 12.7. The lowest BCUT2D eigenvalue weighted by Gasteiger charge is -2.34. The topological polar surface area (TPSA) is 8.88 Å². The smallest absolute Gasteiger partial charge is 0.127 e. The van der Waals surface area contributed by atoms with Crippen molar-refractivity contribution < 1.29 is 9.80 Å². The first-order valence-corrected chi connectivity index (χ1v) is 8.25. The summed E-state index contributed by atoms with van der Waals surface area (Å²) in [7, 11) is 0. The highest BCUT2D eigenvalue weighted by Crippen LogP contribution is 2.16. The van der Waals surface area contributed by atoms with Crippen molar-refractivity contribution >= 4 is 0 Å². The van der Waals surface area contributed by atoms with Crippen LogP contribution in [0.25, 0.3) is 0 Å². The number of nitrogens with one attached hydrogen (secondary N) is 2. The third-order valence-electron chi connectivity index (χ3n) is 5.49. The van der Waals surface area contributed by atoms with Gasteiger partial charge in [0.05, 0.1) is 12.6 Å². The summed E-state index contributed by atoms with van der Waals surface area (Å²) in [5.41, 5.74) is 0. The number of piperazine rings is 1. The molecular formula is C16H30N2+2. The van der Waals surface area contributed by atoms with Gasteiger partial charge in [0.25, 0.3) is 0 Å². The molecule has 0 bridgehead atoms. The highest BCUT2D eigenvalue weighted by Gasteiger charge is 2.31. The van der Waals surface area contributed by atoms with Crippen molar-refractivity contribution in [2.75, 3.05) is 32.7 Å². The lowest BCUT2D eigenvalue weighted by Crippen LogP contribution is -3.29. The second-order valence-corrected chi connectivity index (χ2v) is 6.74. The van der Waals surface area contributed by atoms with Crippen molar-refractivity contribution in [1.82, 2.24) is 0 Å². The quantitative estimate of drug-likeness (QED) is 0.656. The van der Waals surface area contributed by atoms with Crippen LogP contribution in [0.5, 0.6) is 0 Å². The minimum absolute atomic E-state index is 0.984. The number of rotatable bonds is 3. The average molecular weight is 250 g/mol. The Kier molecular flexibility index (Phi) is 4.37. The Morgan fingerprint density at radius 1 is 0.889 bits per heavy atom. The second kappa shape index (κ2) is 6.21. The van der Waals surface area contributed by atoms with E-state index in [1.807, 2.05) is 9.80 Å². The van der Waals surface area contributed by atoms with Crippen LogP contribution >= 0.6 is 0 Å². The van der Waals surface area contributed by atoms with E-state index in [0.29, 0.717) is 0 Å². The summed E-state index contributed by atoms with van der Waals surface area (Å²) < 4.78 is 0. The summed E-state index contributed by atoms with van der Waals surface area (Å²) in [6.07, 6.45) is 14.9. The Morgan fingerprint density at radius 3 is 2.33 bits per heavy atom. The molecule has 0 amide bonds. The maximum absolute atomic E-state index is 2.41. The van der Waals surface area contributed by atoms with Crippen LogP contribution in [-0.4, -0.2) is 38.8 Å². The molecule has 0 unspecified atom stereocenters. The summed E-state index contributed by atoms with van der Waals surface area (Å²) in [4.78, 5) is 3.84. The van der Waals surface area contributed by atoms with Gasteiger partial charge in [0.2, 0.25) is 0 Å². The highest BCUT2D eigenvalue weighted by atomic mass is 15.3. The van der Waals surface area contributed by atoms with E-state index in [0.717, 1.165) is 12.0 Å². The SMILES string of the molecule is C1=CC[C@@H](C[NH+]2CC[NH+](C3CCCC3)CC2)CC1. The molecule has 0 spiro atoms. The van der Waals surface area contributed by atoms with Crippen molar-refractivity contribution in [3.8, 4) is 0 Å². The van der Waals surface area contributed by atoms with Crippen molar-refractivity contribution in [3.63, 3.8) is 0 Å². The molecule has 0 radical (unpaired) electrons. The Balaban J connectivity index is 1.40. The molecule has 1 heterocycles. The van der Waals surface area contributed by atoms with Crippen molar-refractivity contribution in [3.05, 3.63) is 12.2 Å². The zero-order valence-electron chi connectivity index (χ0n) is 11.8. The first-order valence-electron chi connectivity index (χ1n) is 8.25. The molecule has 1 saturated heterocycles. The molecule has 2 nitrogen and oxygen atoms in total. The lowest BCUT2D eigenvalue weighted by atomic mass is 9.94. The summed E-state index contributed by atoms with van der Waals surface area (Å²) in [5, 5.41) is 0. The van der Waals surface area contributed by atoms with E-state index >= 15 is 0 Å². The van der Waals surface area contributed by atoms with E-state index in [9.17, 15) is 0 Å². The van der Waals surface area contributed by atoms with Crippen LogP contribution in [-0.2, 0) is 0 Å². The molecule has 1 aliphatic heterocycles. The predicted molar refractivity (Wildman–Crippen MR) is 75.0 cm³/mol. The zero-order chi connectivity index (χ0) is 12.2. The molecule has 0 aromatic carbocycles. The Morgan fingerprint density at radius 2 is 1.67 bits per heavy atom. The third kappa shape index (κ3) is 3.16. The van der Waals surface area contributed by atoms with Gasteiger partial charge in [-0.05, 0) is 44.9 Å². The normalized spacial score (nSPS) is 38.1. The third-order valence-corrected chi connectivity index (χ3v) is 5.49. The van der Waals surface area contributed by atoms with E-state index in [2.05, 4.69) is 12.2 Å². The number of hydrogen-bond donors (Lipinski definition) is 2. The highest BCUT2D eigenvalue weighted by molar-refractivity contribution is 4.89. The lowest BCUT2D eigenvalue weighted by molar-refractivity contribution is -1.02. The average Bonchev–Trinajstić information content (AvgIpc) is 2.95. The molecular weight excluding hydrogens is 220 g/mol. The molecule has 2 aliphatic carbocycles. The Hall–Kier alpha value is -0.340. The van der Waals surface area contributed by atoms with Crippen LogP contribution in [0.3, 0.4) is 0 Å². The maximum Gasteiger partial charge on any atom is 0.127 e. The van der Waals surface area contributed by atoms with Crippen LogP contribution in [0.2, 0.25) is 0 Å². The number of hydrogen-bond acceptors (Lipinski definition) is 0. The zero-order valence-corrected chi connectivity index (χ0v) is 11.8. The van der Waals surface area contributed by atoms with Gasteiger partial charge in [-0.1, -0.05) is 12.2 Å². The second-order valence-electron chi connectivity index (χ2n) is 6.74. The number of quaternary nitrogens is 2. The molecule has 2 heteroatoms. The van der Waals surface area contributed by atoms with Gasteiger partial charge < -0.3 is 9.80 Å². The summed E-state index contributed by atoms with van der Waals surface area (Å²) in [6, 6.07) is 1.03. The molecule has 3 aliphatic rings. The predicted octanol–water partition coefficient (Wildman–Crippen LogP) is 0.0687. The van der Waals surface area contributed by atoms with Crippen LogP contribution in [0.15, 0.2) is 12.2 Å². The first-order chi connectivity index (χ1) is 8.92. The van der Waals surface area contributed by atoms with Crippen LogP contribution in [0, 0.1) is 5.92 Å². The van der Waals surface area contributed by atoms with E-state index in [-0.39, 0.29) is 0 Å². The minimum atomic E-state index is 0.984. The van der Waals surface area contributed by atoms with E-state index in [1.165, 1.54) is 77.7 Å². The number of allylic oxidation sites excluding steroid dienone is 2. The van der Waals surface area contributed by atoms with Crippen molar-refractivity contribution in [2.24, 2.45) is 5.92 Å². The fourth-order valence-corrected chi connectivity index (χ4v) is 4.32. The molecule has 102 valence electrons. The van der Waals surface area contributed by atoms with E-state index in [4.69, 9.17) is 0 Å². The molecule has 1 atom stereocenters. The van der Waals surface area contributed by atoms with Gasteiger partial charge in [-0.15, -0.1) is 0 Å². The van der Waals surface area contributed by atoms with E-state index in [1.54, 1.807) is 0 Å². The van der Waals surface area contributed by atoms with Gasteiger partial charge in [-0.2, -0.15) is 0 Å². The van der Waals surface area contributed by atoms with Gasteiger partial charge in [-0.3, -0.25) is 0 Å². The Labute approximate surface area is 112 Å². The molecule has 2 fully saturated rings. The minimum Gasteiger partial charge on any atom is -0.325 e.